The molecule has 0 bridgehead atoms. The molecule has 0 aliphatic heterocycles. The van der Waals surface area contributed by atoms with E-state index in [-0.39, 0.29) is 12.4 Å². The highest BCUT2D eigenvalue weighted by Crippen LogP contribution is 2.23. The van der Waals surface area contributed by atoms with E-state index in [1.165, 1.54) is 6.07 Å². The van der Waals surface area contributed by atoms with Crippen molar-refractivity contribution in [3.8, 4) is 0 Å². The second kappa shape index (κ2) is 6.66. The standard InChI is InChI=1S/C15H15ClFNO/c16-13-7-3-1-5-11(13)10-19-15(9-18)12-6-2-4-8-14(12)17/h1-8,15H,9-10,18H2. The maximum Gasteiger partial charge on any atom is 0.129 e. The van der Waals surface area contributed by atoms with Gasteiger partial charge >= 0.3 is 0 Å². The first-order valence-electron chi connectivity index (χ1n) is 6.02. The summed E-state index contributed by atoms with van der Waals surface area (Å²) in [6, 6.07) is 13.9. The minimum atomic E-state index is -0.475. The van der Waals surface area contributed by atoms with Crippen LogP contribution in [-0.4, -0.2) is 6.54 Å². The lowest BCUT2D eigenvalue weighted by molar-refractivity contribution is 0.0434. The Kier molecular flexibility index (Phi) is 4.91. The molecule has 19 heavy (non-hydrogen) atoms. The number of ether oxygens (including phenoxy) is 1. The van der Waals surface area contributed by atoms with Crippen LogP contribution in [0.3, 0.4) is 0 Å². The maximum absolute atomic E-state index is 13.7. The van der Waals surface area contributed by atoms with Gasteiger partial charge in [0.15, 0.2) is 0 Å². The molecule has 0 amide bonds. The van der Waals surface area contributed by atoms with Crippen LogP contribution >= 0.6 is 11.6 Å². The molecule has 0 aliphatic rings. The van der Waals surface area contributed by atoms with Gasteiger partial charge in [-0.25, -0.2) is 4.39 Å². The van der Waals surface area contributed by atoms with E-state index in [1.807, 2.05) is 18.2 Å². The average Bonchev–Trinajstić information content (AvgIpc) is 2.43. The molecule has 2 rings (SSSR count). The van der Waals surface area contributed by atoms with Crippen LogP contribution in [0.25, 0.3) is 0 Å². The largest absolute Gasteiger partial charge is 0.367 e. The van der Waals surface area contributed by atoms with E-state index in [4.69, 9.17) is 22.1 Å². The molecule has 100 valence electrons. The highest BCUT2D eigenvalue weighted by atomic mass is 35.5. The van der Waals surface area contributed by atoms with E-state index in [0.29, 0.717) is 17.2 Å². The summed E-state index contributed by atoms with van der Waals surface area (Å²) in [4.78, 5) is 0. The second-order valence-corrected chi connectivity index (χ2v) is 4.56. The fraction of sp³-hybridized carbons (Fsp3) is 0.200. The first-order chi connectivity index (χ1) is 9.22. The monoisotopic (exact) mass is 279 g/mol. The Morgan fingerprint density at radius 3 is 2.47 bits per heavy atom. The SMILES string of the molecule is NCC(OCc1ccccc1Cl)c1ccccc1F. The molecular weight excluding hydrogens is 265 g/mol. The van der Waals surface area contributed by atoms with Gasteiger partial charge in [0, 0.05) is 17.1 Å². The minimum Gasteiger partial charge on any atom is -0.367 e. The third-order valence-electron chi connectivity index (χ3n) is 2.86. The zero-order valence-electron chi connectivity index (χ0n) is 10.4. The van der Waals surface area contributed by atoms with Crippen LogP contribution in [0, 0.1) is 5.82 Å². The first kappa shape index (κ1) is 14.0. The lowest BCUT2D eigenvalue weighted by atomic mass is 10.1. The van der Waals surface area contributed by atoms with E-state index < -0.39 is 6.10 Å². The Morgan fingerprint density at radius 1 is 1.11 bits per heavy atom. The first-order valence-corrected chi connectivity index (χ1v) is 6.39. The molecular formula is C15H15ClFNO. The quantitative estimate of drug-likeness (QED) is 0.906. The number of halogens is 2. The fourth-order valence-electron chi connectivity index (χ4n) is 1.83. The number of benzene rings is 2. The molecule has 0 aromatic heterocycles. The summed E-state index contributed by atoms with van der Waals surface area (Å²) in [5.74, 6) is -0.308. The van der Waals surface area contributed by atoms with Gasteiger partial charge in [-0.05, 0) is 17.7 Å². The van der Waals surface area contributed by atoms with Crippen LogP contribution in [0.4, 0.5) is 4.39 Å². The summed E-state index contributed by atoms with van der Waals surface area (Å²) in [7, 11) is 0. The molecule has 0 fully saturated rings. The number of nitrogens with two attached hydrogens (primary N) is 1. The highest BCUT2D eigenvalue weighted by molar-refractivity contribution is 6.31. The third-order valence-corrected chi connectivity index (χ3v) is 3.23. The molecule has 2 nitrogen and oxygen atoms in total. The Hall–Kier alpha value is -1.42. The Morgan fingerprint density at radius 2 is 1.79 bits per heavy atom. The molecule has 1 atom stereocenters. The van der Waals surface area contributed by atoms with Crippen LogP contribution in [0.15, 0.2) is 48.5 Å². The van der Waals surface area contributed by atoms with Crippen LogP contribution in [0.1, 0.15) is 17.2 Å². The summed E-state index contributed by atoms with van der Waals surface area (Å²) in [6.45, 7) is 0.515. The topological polar surface area (TPSA) is 35.2 Å². The van der Waals surface area contributed by atoms with Gasteiger partial charge in [-0.3, -0.25) is 0 Å². The molecule has 0 aliphatic carbocycles. The van der Waals surface area contributed by atoms with Crippen molar-refractivity contribution in [1.82, 2.24) is 0 Å². The van der Waals surface area contributed by atoms with E-state index in [9.17, 15) is 4.39 Å². The number of hydrogen-bond donors (Lipinski definition) is 1. The lowest BCUT2D eigenvalue weighted by Gasteiger charge is -2.17. The van der Waals surface area contributed by atoms with Crippen LogP contribution in [0.2, 0.25) is 5.02 Å². The van der Waals surface area contributed by atoms with Crippen molar-refractivity contribution in [3.63, 3.8) is 0 Å². The van der Waals surface area contributed by atoms with Gasteiger partial charge in [-0.15, -0.1) is 0 Å². The van der Waals surface area contributed by atoms with E-state index >= 15 is 0 Å². The molecule has 4 heteroatoms. The minimum absolute atomic E-state index is 0.214. The Labute approximate surface area is 117 Å². The van der Waals surface area contributed by atoms with Crippen molar-refractivity contribution in [3.05, 3.63) is 70.5 Å². The molecule has 2 aromatic carbocycles. The van der Waals surface area contributed by atoms with Gasteiger partial charge in [0.1, 0.15) is 5.82 Å². The van der Waals surface area contributed by atoms with Gasteiger partial charge in [-0.2, -0.15) is 0 Å². The van der Waals surface area contributed by atoms with Gasteiger partial charge in [-0.1, -0.05) is 48.0 Å². The maximum atomic E-state index is 13.7. The second-order valence-electron chi connectivity index (χ2n) is 4.15. The molecule has 2 N–H and O–H groups in total. The molecule has 0 saturated heterocycles. The zero-order valence-corrected chi connectivity index (χ0v) is 11.1. The van der Waals surface area contributed by atoms with Gasteiger partial charge in [0.2, 0.25) is 0 Å². The van der Waals surface area contributed by atoms with Crippen molar-refractivity contribution in [2.75, 3.05) is 6.54 Å². The predicted octanol–water partition coefficient (Wildman–Crippen LogP) is 3.70. The normalized spacial score (nSPS) is 12.4. The summed E-state index contributed by atoms with van der Waals surface area (Å²) in [5.41, 5.74) is 6.98. The smallest absolute Gasteiger partial charge is 0.129 e. The van der Waals surface area contributed by atoms with Crippen molar-refractivity contribution in [2.45, 2.75) is 12.7 Å². The van der Waals surface area contributed by atoms with Crippen molar-refractivity contribution >= 4 is 11.6 Å². The molecule has 2 aromatic rings. The zero-order chi connectivity index (χ0) is 13.7. The van der Waals surface area contributed by atoms with Crippen LogP contribution in [-0.2, 0) is 11.3 Å². The van der Waals surface area contributed by atoms with E-state index in [1.54, 1.807) is 24.3 Å². The van der Waals surface area contributed by atoms with E-state index in [0.717, 1.165) is 5.56 Å². The third kappa shape index (κ3) is 3.53. The molecule has 1 unspecified atom stereocenters. The average molecular weight is 280 g/mol. The van der Waals surface area contributed by atoms with Crippen LogP contribution < -0.4 is 5.73 Å². The molecule has 0 spiro atoms. The number of rotatable bonds is 5. The number of hydrogen-bond acceptors (Lipinski definition) is 2. The Balaban J connectivity index is 2.09. The molecule has 0 heterocycles. The summed E-state index contributed by atoms with van der Waals surface area (Å²) >= 11 is 6.04. The van der Waals surface area contributed by atoms with Gasteiger partial charge < -0.3 is 10.5 Å². The highest BCUT2D eigenvalue weighted by Gasteiger charge is 2.14. The van der Waals surface area contributed by atoms with Gasteiger partial charge in [0.25, 0.3) is 0 Å². The van der Waals surface area contributed by atoms with Gasteiger partial charge in [0.05, 0.1) is 12.7 Å². The summed E-state index contributed by atoms with van der Waals surface area (Å²) in [5, 5.41) is 0.631. The molecule has 0 saturated carbocycles. The van der Waals surface area contributed by atoms with Crippen molar-refractivity contribution in [2.24, 2.45) is 5.73 Å². The summed E-state index contributed by atoms with van der Waals surface area (Å²) < 4.78 is 19.3. The predicted molar refractivity (Wildman–Crippen MR) is 74.4 cm³/mol. The summed E-state index contributed by atoms with van der Waals surface area (Å²) in [6.07, 6.45) is -0.475. The molecule has 0 radical (unpaired) electrons. The van der Waals surface area contributed by atoms with Crippen LogP contribution in [0.5, 0.6) is 0 Å². The van der Waals surface area contributed by atoms with E-state index in [2.05, 4.69) is 0 Å². The van der Waals surface area contributed by atoms with Crippen molar-refractivity contribution < 1.29 is 9.13 Å². The Bertz CT molecular complexity index is 547. The van der Waals surface area contributed by atoms with Crippen molar-refractivity contribution in [1.29, 1.82) is 0 Å². The fourth-order valence-corrected chi connectivity index (χ4v) is 2.02. The lowest BCUT2D eigenvalue weighted by Crippen LogP contribution is -2.17.